The Morgan fingerprint density at radius 3 is 2.96 bits per heavy atom. The van der Waals surface area contributed by atoms with Crippen LogP contribution in [-0.4, -0.2) is 72.2 Å². The number of hydrogen-bond acceptors (Lipinski definition) is 5. The van der Waals surface area contributed by atoms with Crippen molar-refractivity contribution in [2.45, 2.75) is 31.6 Å². The van der Waals surface area contributed by atoms with Crippen molar-refractivity contribution in [3.63, 3.8) is 0 Å². The molecule has 1 aromatic heterocycles. The van der Waals surface area contributed by atoms with Crippen LogP contribution >= 0.6 is 0 Å². The van der Waals surface area contributed by atoms with Gasteiger partial charge in [-0.15, -0.1) is 0 Å². The molecule has 2 saturated heterocycles. The van der Waals surface area contributed by atoms with Gasteiger partial charge in [0.05, 0.1) is 12.1 Å². The number of rotatable bonds is 2. The Bertz CT molecular complexity index is 595. The molecule has 0 spiro atoms. The molecular weight excluding hydrogens is 310 g/mol. The Labute approximate surface area is 141 Å². The van der Waals surface area contributed by atoms with Gasteiger partial charge in [0.2, 0.25) is 5.91 Å². The molecule has 3 rings (SSSR count). The fraction of sp³-hybridized carbons (Fsp3) is 0.588. The van der Waals surface area contributed by atoms with E-state index in [0.29, 0.717) is 19.7 Å². The second-order valence-corrected chi connectivity index (χ2v) is 6.29. The van der Waals surface area contributed by atoms with Crippen molar-refractivity contribution in [3.05, 3.63) is 30.1 Å². The number of carbonyl (C=O) groups is 2. The SMILES string of the molecule is CC1CN(C(=O)[C@@H]2OCC(=O)N(C)[C@H]2c2cccnc2)CCCO1. The lowest BCUT2D eigenvalue weighted by atomic mass is 9.98. The van der Waals surface area contributed by atoms with E-state index in [9.17, 15) is 9.59 Å². The van der Waals surface area contributed by atoms with Crippen molar-refractivity contribution in [3.8, 4) is 0 Å². The number of morpholine rings is 1. The molecule has 2 aliphatic rings. The molecule has 0 N–H and O–H groups in total. The van der Waals surface area contributed by atoms with Gasteiger partial charge >= 0.3 is 0 Å². The largest absolute Gasteiger partial charge is 0.377 e. The topological polar surface area (TPSA) is 72.0 Å². The highest BCUT2D eigenvalue weighted by molar-refractivity contribution is 5.86. The van der Waals surface area contributed by atoms with E-state index < -0.39 is 12.1 Å². The zero-order valence-electron chi connectivity index (χ0n) is 14.1. The van der Waals surface area contributed by atoms with Crippen LogP contribution in [0.4, 0.5) is 0 Å². The molecule has 2 fully saturated rings. The summed E-state index contributed by atoms with van der Waals surface area (Å²) in [5.74, 6) is -0.235. The monoisotopic (exact) mass is 333 g/mol. The lowest BCUT2D eigenvalue weighted by Crippen LogP contribution is -2.54. The average molecular weight is 333 g/mol. The smallest absolute Gasteiger partial charge is 0.254 e. The molecule has 0 aliphatic carbocycles. The first-order chi connectivity index (χ1) is 11.6. The van der Waals surface area contributed by atoms with E-state index >= 15 is 0 Å². The van der Waals surface area contributed by atoms with Gasteiger partial charge in [0.25, 0.3) is 5.91 Å². The second-order valence-electron chi connectivity index (χ2n) is 6.29. The van der Waals surface area contributed by atoms with E-state index in [-0.39, 0.29) is 24.5 Å². The van der Waals surface area contributed by atoms with Crippen molar-refractivity contribution in [1.82, 2.24) is 14.8 Å². The predicted molar refractivity (Wildman–Crippen MR) is 86.1 cm³/mol. The highest BCUT2D eigenvalue weighted by Gasteiger charge is 2.42. The number of likely N-dealkylation sites (N-methyl/N-ethyl adjacent to an activating group) is 1. The minimum Gasteiger partial charge on any atom is -0.377 e. The van der Waals surface area contributed by atoms with Crippen LogP contribution < -0.4 is 0 Å². The molecule has 0 bridgehead atoms. The molecule has 1 aromatic rings. The van der Waals surface area contributed by atoms with Crippen LogP contribution in [0.25, 0.3) is 0 Å². The molecule has 7 heteroatoms. The maximum atomic E-state index is 13.1. The molecule has 3 heterocycles. The molecule has 3 atom stereocenters. The molecule has 7 nitrogen and oxygen atoms in total. The first-order valence-corrected chi connectivity index (χ1v) is 8.25. The summed E-state index contributed by atoms with van der Waals surface area (Å²) in [6, 6.07) is 3.20. The maximum absolute atomic E-state index is 13.1. The minimum atomic E-state index is -0.720. The number of hydrogen-bond donors (Lipinski definition) is 0. The van der Waals surface area contributed by atoms with E-state index in [4.69, 9.17) is 9.47 Å². The van der Waals surface area contributed by atoms with E-state index in [1.165, 1.54) is 0 Å². The summed E-state index contributed by atoms with van der Waals surface area (Å²) in [5.41, 5.74) is 0.797. The van der Waals surface area contributed by atoms with E-state index in [1.807, 2.05) is 13.0 Å². The van der Waals surface area contributed by atoms with Crippen LogP contribution in [0.5, 0.6) is 0 Å². The molecule has 0 aromatic carbocycles. The van der Waals surface area contributed by atoms with Gasteiger partial charge in [0, 0.05) is 39.1 Å². The van der Waals surface area contributed by atoms with Crippen LogP contribution in [0.2, 0.25) is 0 Å². The number of nitrogens with zero attached hydrogens (tertiary/aromatic N) is 3. The zero-order valence-corrected chi connectivity index (χ0v) is 14.1. The summed E-state index contributed by atoms with van der Waals surface area (Å²) in [6.07, 6.45) is 3.42. The summed E-state index contributed by atoms with van der Waals surface area (Å²) in [6.45, 7) is 3.71. The van der Waals surface area contributed by atoms with Crippen LogP contribution in [-0.2, 0) is 19.1 Å². The summed E-state index contributed by atoms with van der Waals surface area (Å²) in [5, 5.41) is 0. The highest BCUT2D eigenvalue weighted by atomic mass is 16.5. The lowest BCUT2D eigenvalue weighted by molar-refractivity contribution is -0.167. The van der Waals surface area contributed by atoms with Crippen LogP contribution in [0, 0.1) is 0 Å². The van der Waals surface area contributed by atoms with Crippen LogP contribution in [0.15, 0.2) is 24.5 Å². The van der Waals surface area contributed by atoms with Crippen molar-refractivity contribution < 1.29 is 19.1 Å². The Balaban J connectivity index is 1.86. The van der Waals surface area contributed by atoms with Crippen molar-refractivity contribution in [2.24, 2.45) is 0 Å². The second kappa shape index (κ2) is 7.27. The Morgan fingerprint density at radius 1 is 1.38 bits per heavy atom. The number of ether oxygens (including phenoxy) is 2. The first-order valence-electron chi connectivity index (χ1n) is 8.25. The number of aromatic nitrogens is 1. The molecule has 130 valence electrons. The van der Waals surface area contributed by atoms with Gasteiger partial charge in [-0.1, -0.05) is 6.07 Å². The standard InChI is InChI=1S/C17H23N3O4/c1-12-10-20(7-4-8-23-12)17(22)16-15(13-5-3-6-18-9-13)19(2)14(21)11-24-16/h3,5-6,9,12,15-16H,4,7-8,10-11H2,1-2H3/t12?,15-,16+/m0/s1. The third-order valence-corrected chi connectivity index (χ3v) is 4.52. The van der Waals surface area contributed by atoms with E-state index in [1.54, 1.807) is 35.3 Å². The first kappa shape index (κ1) is 16.9. The third kappa shape index (κ3) is 3.42. The van der Waals surface area contributed by atoms with Crippen molar-refractivity contribution in [1.29, 1.82) is 0 Å². The molecular formula is C17H23N3O4. The summed E-state index contributed by atoms with van der Waals surface area (Å²) in [4.78, 5) is 32.6. The van der Waals surface area contributed by atoms with Gasteiger partial charge in [-0.05, 0) is 25.0 Å². The fourth-order valence-corrected chi connectivity index (χ4v) is 3.24. The summed E-state index contributed by atoms with van der Waals surface area (Å²) in [7, 11) is 1.71. The lowest BCUT2D eigenvalue weighted by Gasteiger charge is -2.40. The minimum absolute atomic E-state index is 0.00348. The predicted octanol–water partition coefficient (Wildman–Crippen LogP) is 0.617. The number of carbonyl (C=O) groups excluding carboxylic acids is 2. The van der Waals surface area contributed by atoms with Gasteiger partial charge in [0.15, 0.2) is 6.10 Å². The fourth-order valence-electron chi connectivity index (χ4n) is 3.24. The Morgan fingerprint density at radius 2 is 2.21 bits per heavy atom. The van der Waals surface area contributed by atoms with Gasteiger partial charge in [0.1, 0.15) is 6.61 Å². The molecule has 0 saturated carbocycles. The number of pyridine rings is 1. The van der Waals surface area contributed by atoms with Crippen LogP contribution in [0.3, 0.4) is 0 Å². The normalized spacial score (nSPS) is 28.6. The van der Waals surface area contributed by atoms with Gasteiger partial charge in [-0.3, -0.25) is 14.6 Å². The summed E-state index contributed by atoms with van der Waals surface area (Å²) < 4.78 is 11.3. The number of amides is 2. The third-order valence-electron chi connectivity index (χ3n) is 4.52. The Kier molecular flexibility index (Phi) is 5.11. The molecule has 2 amide bonds. The molecule has 0 radical (unpaired) electrons. The van der Waals surface area contributed by atoms with Crippen LogP contribution in [0.1, 0.15) is 24.9 Å². The quantitative estimate of drug-likeness (QED) is 0.793. The average Bonchev–Trinajstić information content (AvgIpc) is 2.82. The van der Waals surface area contributed by atoms with Gasteiger partial charge in [-0.2, -0.15) is 0 Å². The van der Waals surface area contributed by atoms with E-state index in [2.05, 4.69) is 4.98 Å². The molecule has 2 aliphatic heterocycles. The van der Waals surface area contributed by atoms with Gasteiger partial charge < -0.3 is 19.3 Å². The highest BCUT2D eigenvalue weighted by Crippen LogP contribution is 2.30. The van der Waals surface area contributed by atoms with Gasteiger partial charge in [-0.25, -0.2) is 0 Å². The van der Waals surface area contributed by atoms with Crippen molar-refractivity contribution in [2.75, 3.05) is 33.4 Å². The molecule has 1 unspecified atom stereocenters. The molecule has 24 heavy (non-hydrogen) atoms. The summed E-state index contributed by atoms with van der Waals surface area (Å²) >= 11 is 0. The maximum Gasteiger partial charge on any atom is 0.254 e. The zero-order chi connectivity index (χ0) is 17.1. The van der Waals surface area contributed by atoms with E-state index in [0.717, 1.165) is 12.0 Å². The van der Waals surface area contributed by atoms with Crippen molar-refractivity contribution >= 4 is 11.8 Å². The Hall–Kier alpha value is -1.99.